The SMILES string of the molecule is Clc1sncc1C#Cc1ccncn1. The van der Waals surface area contributed by atoms with Crippen molar-refractivity contribution in [2.45, 2.75) is 0 Å². The molecule has 0 fully saturated rings. The molecule has 5 heteroatoms. The van der Waals surface area contributed by atoms with Crippen LogP contribution >= 0.6 is 23.1 Å². The zero-order valence-electron chi connectivity index (χ0n) is 6.94. The molecule has 0 N–H and O–H groups in total. The molecule has 0 bridgehead atoms. The van der Waals surface area contributed by atoms with Crippen molar-refractivity contribution in [2.75, 3.05) is 0 Å². The lowest BCUT2D eigenvalue weighted by Gasteiger charge is -1.84. The monoisotopic (exact) mass is 221 g/mol. The van der Waals surface area contributed by atoms with E-state index in [1.54, 1.807) is 18.5 Å². The van der Waals surface area contributed by atoms with Gasteiger partial charge in [-0.3, -0.25) is 0 Å². The molecular formula is C9H4ClN3S. The van der Waals surface area contributed by atoms with Gasteiger partial charge >= 0.3 is 0 Å². The first-order valence-corrected chi connectivity index (χ1v) is 4.89. The zero-order chi connectivity index (χ0) is 9.80. The van der Waals surface area contributed by atoms with Crippen molar-refractivity contribution in [2.24, 2.45) is 0 Å². The van der Waals surface area contributed by atoms with Crippen LogP contribution in [0.15, 0.2) is 24.8 Å². The molecule has 0 unspecified atom stereocenters. The second kappa shape index (κ2) is 4.18. The first kappa shape index (κ1) is 9.13. The van der Waals surface area contributed by atoms with Crippen LogP contribution in [0.1, 0.15) is 11.3 Å². The highest BCUT2D eigenvalue weighted by Crippen LogP contribution is 2.18. The Bertz CT molecular complexity index is 484. The van der Waals surface area contributed by atoms with Crippen molar-refractivity contribution in [1.82, 2.24) is 14.3 Å². The van der Waals surface area contributed by atoms with Gasteiger partial charge in [-0.2, -0.15) is 4.37 Å². The minimum Gasteiger partial charge on any atom is -0.245 e. The highest BCUT2D eigenvalue weighted by atomic mass is 35.5. The van der Waals surface area contributed by atoms with Crippen molar-refractivity contribution < 1.29 is 0 Å². The molecule has 68 valence electrons. The van der Waals surface area contributed by atoms with Gasteiger partial charge in [0.25, 0.3) is 0 Å². The molecule has 3 nitrogen and oxygen atoms in total. The Morgan fingerprint density at radius 1 is 1.36 bits per heavy atom. The molecule has 2 aromatic heterocycles. The van der Waals surface area contributed by atoms with Gasteiger partial charge in [-0.15, -0.1) is 0 Å². The fourth-order valence-corrected chi connectivity index (χ4v) is 1.47. The fraction of sp³-hybridized carbons (Fsp3) is 0. The Morgan fingerprint density at radius 3 is 2.93 bits per heavy atom. The summed E-state index contributed by atoms with van der Waals surface area (Å²) < 4.78 is 4.51. The summed E-state index contributed by atoms with van der Waals surface area (Å²) in [6.07, 6.45) is 4.74. The van der Waals surface area contributed by atoms with Crippen LogP contribution in [0.25, 0.3) is 0 Å². The fourth-order valence-electron chi connectivity index (χ4n) is 0.803. The number of hydrogen-bond acceptors (Lipinski definition) is 4. The summed E-state index contributed by atoms with van der Waals surface area (Å²) in [5, 5.41) is 0. The van der Waals surface area contributed by atoms with Crippen LogP contribution in [0.5, 0.6) is 0 Å². The van der Waals surface area contributed by atoms with E-state index in [1.165, 1.54) is 17.9 Å². The normalized spacial score (nSPS) is 9.21. The van der Waals surface area contributed by atoms with Crippen molar-refractivity contribution in [3.8, 4) is 11.8 Å². The van der Waals surface area contributed by atoms with E-state index in [4.69, 9.17) is 11.6 Å². The van der Waals surface area contributed by atoms with Gasteiger partial charge in [0.1, 0.15) is 16.4 Å². The summed E-state index contributed by atoms with van der Waals surface area (Å²) in [5.41, 5.74) is 1.40. The van der Waals surface area contributed by atoms with Crippen molar-refractivity contribution in [3.63, 3.8) is 0 Å². The maximum atomic E-state index is 5.83. The third-order valence-electron chi connectivity index (χ3n) is 1.43. The minimum atomic E-state index is 0.603. The lowest BCUT2D eigenvalue weighted by Crippen LogP contribution is -1.81. The van der Waals surface area contributed by atoms with Crippen LogP contribution < -0.4 is 0 Å². The Labute approximate surface area is 90.0 Å². The molecule has 2 rings (SSSR count). The topological polar surface area (TPSA) is 38.7 Å². The van der Waals surface area contributed by atoms with E-state index in [0.29, 0.717) is 10.0 Å². The zero-order valence-corrected chi connectivity index (χ0v) is 8.51. The molecule has 0 atom stereocenters. The van der Waals surface area contributed by atoms with Gasteiger partial charge in [0.15, 0.2) is 0 Å². The maximum absolute atomic E-state index is 5.83. The van der Waals surface area contributed by atoms with E-state index in [0.717, 1.165) is 5.56 Å². The summed E-state index contributed by atoms with van der Waals surface area (Å²) >= 11 is 7.05. The smallest absolute Gasteiger partial charge is 0.129 e. The van der Waals surface area contributed by atoms with Gasteiger partial charge in [0.2, 0.25) is 0 Å². The van der Waals surface area contributed by atoms with Crippen molar-refractivity contribution in [3.05, 3.63) is 40.4 Å². The third kappa shape index (κ3) is 2.08. The van der Waals surface area contributed by atoms with Gasteiger partial charge < -0.3 is 0 Å². The average Bonchev–Trinajstić information content (AvgIpc) is 2.63. The Hall–Kier alpha value is -1.44. The molecule has 0 aliphatic rings. The average molecular weight is 222 g/mol. The predicted octanol–water partition coefficient (Wildman–Crippen LogP) is 1.99. The second-order valence-corrected chi connectivity index (χ2v) is 3.76. The standard InChI is InChI=1S/C9H4ClN3S/c10-9-7(5-13-14-9)1-2-8-3-4-11-6-12-8/h3-6H. The lowest BCUT2D eigenvalue weighted by atomic mass is 10.3. The predicted molar refractivity (Wildman–Crippen MR) is 55.1 cm³/mol. The third-order valence-corrected chi connectivity index (χ3v) is 2.44. The van der Waals surface area contributed by atoms with E-state index in [1.807, 2.05) is 0 Å². The molecule has 0 amide bonds. The van der Waals surface area contributed by atoms with Crippen LogP contribution in [0, 0.1) is 11.8 Å². The molecule has 0 aliphatic carbocycles. The maximum Gasteiger partial charge on any atom is 0.129 e. The van der Waals surface area contributed by atoms with Crippen LogP contribution in [0.3, 0.4) is 0 Å². The Kier molecular flexibility index (Phi) is 2.73. The quantitative estimate of drug-likeness (QED) is 0.639. The van der Waals surface area contributed by atoms with Crippen molar-refractivity contribution >= 4 is 23.1 Å². The number of aromatic nitrogens is 3. The largest absolute Gasteiger partial charge is 0.245 e. The molecule has 0 aliphatic heterocycles. The first-order valence-electron chi connectivity index (χ1n) is 3.74. The molecular weight excluding hydrogens is 218 g/mol. The molecule has 2 aromatic rings. The molecule has 0 saturated carbocycles. The van der Waals surface area contributed by atoms with Crippen LogP contribution in [-0.2, 0) is 0 Å². The summed E-state index contributed by atoms with van der Waals surface area (Å²) in [6.45, 7) is 0. The van der Waals surface area contributed by atoms with Crippen LogP contribution in [0.4, 0.5) is 0 Å². The van der Waals surface area contributed by atoms with E-state index >= 15 is 0 Å². The van der Waals surface area contributed by atoms with E-state index < -0.39 is 0 Å². The molecule has 2 heterocycles. The highest BCUT2D eigenvalue weighted by molar-refractivity contribution is 7.10. The van der Waals surface area contributed by atoms with E-state index in [9.17, 15) is 0 Å². The summed E-state index contributed by atoms with van der Waals surface area (Å²) in [4.78, 5) is 7.76. The van der Waals surface area contributed by atoms with Crippen LogP contribution in [0.2, 0.25) is 4.34 Å². The van der Waals surface area contributed by atoms with Gasteiger partial charge in [0.05, 0.1) is 11.8 Å². The Morgan fingerprint density at radius 2 is 2.29 bits per heavy atom. The molecule has 0 aromatic carbocycles. The minimum absolute atomic E-state index is 0.603. The Balaban J connectivity index is 2.28. The molecule has 14 heavy (non-hydrogen) atoms. The van der Waals surface area contributed by atoms with Gasteiger partial charge in [0, 0.05) is 6.20 Å². The summed E-state index contributed by atoms with van der Waals surface area (Å²) in [7, 11) is 0. The van der Waals surface area contributed by atoms with Gasteiger partial charge in [-0.25, -0.2) is 9.97 Å². The van der Waals surface area contributed by atoms with E-state index in [-0.39, 0.29) is 0 Å². The number of nitrogens with zero attached hydrogens (tertiary/aromatic N) is 3. The van der Waals surface area contributed by atoms with Gasteiger partial charge in [-0.05, 0) is 23.5 Å². The van der Waals surface area contributed by atoms with Crippen molar-refractivity contribution in [1.29, 1.82) is 0 Å². The summed E-state index contributed by atoms with van der Waals surface area (Å²) in [6, 6.07) is 1.74. The molecule has 0 saturated heterocycles. The van der Waals surface area contributed by atoms with Gasteiger partial charge in [-0.1, -0.05) is 17.5 Å². The molecule has 0 spiro atoms. The number of hydrogen-bond donors (Lipinski definition) is 0. The molecule has 0 radical (unpaired) electrons. The number of rotatable bonds is 0. The summed E-state index contributed by atoms with van der Waals surface area (Å²) in [5.74, 6) is 5.75. The van der Waals surface area contributed by atoms with Crippen LogP contribution in [-0.4, -0.2) is 14.3 Å². The van der Waals surface area contributed by atoms with E-state index in [2.05, 4.69) is 26.2 Å². The lowest BCUT2D eigenvalue weighted by molar-refractivity contribution is 1.15. The highest BCUT2D eigenvalue weighted by Gasteiger charge is 1.97. The first-order chi connectivity index (χ1) is 6.86. The number of halogens is 1. The second-order valence-electron chi connectivity index (χ2n) is 2.36.